The van der Waals surface area contributed by atoms with E-state index in [4.69, 9.17) is 5.73 Å². The van der Waals surface area contributed by atoms with E-state index in [0.717, 1.165) is 30.1 Å². The molecule has 1 aliphatic rings. The minimum atomic E-state index is 0.231. The maximum atomic E-state index is 6.11. The molecule has 0 aliphatic carbocycles. The molecular weight excluding hydrogens is 238 g/mol. The molecule has 0 bridgehead atoms. The Morgan fingerprint density at radius 1 is 1.37 bits per heavy atom. The SMILES string of the molecule is CC(C)c1cc2c(N3CC(C)C(N)C3)nccn2n1. The van der Waals surface area contributed by atoms with Crippen LogP contribution in [0.4, 0.5) is 5.82 Å². The average molecular weight is 259 g/mol. The molecule has 5 heteroatoms. The Morgan fingerprint density at radius 2 is 2.16 bits per heavy atom. The number of hydrogen-bond donors (Lipinski definition) is 1. The lowest BCUT2D eigenvalue weighted by molar-refractivity contribution is 0.566. The number of fused-ring (bicyclic) bond motifs is 1. The molecule has 0 amide bonds. The van der Waals surface area contributed by atoms with Crippen LogP contribution in [-0.4, -0.2) is 33.7 Å². The molecule has 102 valence electrons. The van der Waals surface area contributed by atoms with Gasteiger partial charge in [0.25, 0.3) is 0 Å². The van der Waals surface area contributed by atoms with Gasteiger partial charge in [0.2, 0.25) is 0 Å². The predicted octanol–water partition coefficient (Wildman–Crippen LogP) is 1.64. The van der Waals surface area contributed by atoms with E-state index in [9.17, 15) is 0 Å². The predicted molar refractivity (Wildman–Crippen MR) is 76.4 cm³/mol. The van der Waals surface area contributed by atoms with E-state index < -0.39 is 0 Å². The molecule has 1 aliphatic heterocycles. The molecule has 3 heterocycles. The largest absolute Gasteiger partial charge is 0.353 e. The maximum absolute atomic E-state index is 6.11. The van der Waals surface area contributed by atoms with Gasteiger partial charge in [-0.05, 0) is 17.9 Å². The van der Waals surface area contributed by atoms with Crippen LogP contribution in [0.15, 0.2) is 18.5 Å². The zero-order valence-electron chi connectivity index (χ0n) is 11.7. The number of rotatable bonds is 2. The van der Waals surface area contributed by atoms with Gasteiger partial charge in [-0.1, -0.05) is 20.8 Å². The highest BCUT2D eigenvalue weighted by Gasteiger charge is 2.28. The van der Waals surface area contributed by atoms with Crippen LogP contribution in [0.25, 0.3) is 5.52 Å². The summed E-state index contributed by atoms with van der Waals surface area (Å²) in [6, 6.07) is 2.37. The van der Waals surface area contributed by atoms with Crippen molar-refractivity contribution in [2.24, 2.45) is 11.7 Å². The van der Waals surface area contributed by atoms with Crippen molar-refractivity contribution in [3.8, 4) is 0 Å². The van der Waals surface area contributed by atoms with Crippen molar-refractivity contribution in [2.75, 3.05) is 18.0 Å². The van der Waals surface area contributed by atoms with Crippen LogP contribution in [0, 0.1) is 5.92 Å². The smallest absolute Gasteiger partial charge is 0.154 e. The minimum absolute atomic E-state index is 0.231. The van der Waals surface area contributed by atoms with Crippen molar-refractivity contribution in [1.82, 2.24) is 14.6 Å². The first-order valence-electron chi connectivity index (χ1n) is 6.91. The van der Waals surface area contributed by atoms with Gasteiger partial charge >= 0.3 is 0 Å². The van der Waals surface area contributed by atoms with Gasteiger partial charge < -0.3 is 10.6 Å². The summed E-state index contributed by atoms with van der Waals surface area (Å²) >= 11 is 0. The van der Waals surface area contributed by atoms with Gasteiger partial charge in [0.15, 0.2) is 5.82 Å². The summed E-state index contributed by atoms with van der Waals surface area (Å²) in [5.41, 5.74) is 8.29. The summed E-state index contributed by atoms with van der Waals surface area (Å²) in [4.78, 5) is 6.81. The fourth-order valence-corrected chi connectivity index (χ4v) is 2.62. The summed E-state index contributed by atoms with van der Waals surface area (Å²) < 4.78 is 1.92. The van der Waals surface area contributed by atoms with E-state index in [1.165, 1.54) is 0 Å². The molecule has 2 unspecified atom stereocenters. The van der Waals surface area contributed by atoms with Crippen LogP contribution in [0.5, 0.6) is 0 Å². The number of anilines is 1. The Bertz CT molecular complexity index is 579. The maximum Gasteiger partial charge on any atom is 0.154 e. The van der Waals surface area contributed by atoms with Crippen molar-refractivity contribution in [3.05, 3.63) is 24.2 Å². The number of nitrogens with zero attached hydrogens (tertiary/aromatic N) is 4. The quantitative estimate of drug-likeness (QED) is 0.890. The molecular formula is C14H21N5. The molecule has 3 rings (SSSR count). The Morgan fingerprint density at radius 3 is 2.79 bits per heavy atom. The van der Waals surface area contributed by atoms with Crippen molar-refractivity contribution in [3.63, 3.8) is 0 Å². The highest BCUT2D eigenvalue weighted by Crippen LogP contribution is 2.26. The van der Waals surface area contributed by atoms with Crippen molar-refractivity contribution >= 4 is 11.3 Å². The van der Waals surface area contributed by atoms with Crippen LogP contribution >= 0.6 is 0 Å². The average Bonchev–Trinajstić information content (AvgIpc) is 2.93. The van der Waals surface area contributed by atoms with Crippen molar-refractivity contribution < 1.29 is 0 Å². The lowest BCUT2D eigenvalue weighted by atomic mass is 10.1. The van der Waals surface area contributed by atoms with E-state index in [1.54, 1.807) is 0 Å². The van der Waals surface area contributed by atoms with Gasteiger partial charge in [-0.25, -0.2) is 9.50 Å². The molecule has 0 saturated carbocycles. The highest BCUT2D eigenvalue weighted by molar-refractivity contribution is 5.69. The van der Waals surface area contributed by atoms with Crippen LogP contribution in [0.1, 0.15) is 32.4 Å². The molecule has 0 radical (unpaired) electrons. The first kappa shape index (κ1) is 12.4. The topological polar surface area (TPSA) is 59.5 Å². The first-order valence-corrected chi connectivity index (χ1v) is 6.91. The molecule has 1 fully saturated rings. The summed E-state index contributed by atoms with van der Waals surface area (Å²) in [6.07, 6.45) is 3.72. The summed E-state index contributed by atoms with van der Waals surface area (Å²) in [6.45, 7) is 8.35. The summed E-state index contributed by atoms with van der Waals surface area (Å²) in [5.74, 6) is 1.93. The van der Waals surface area contributed by atoms with Gasteiger partial charge in [0.05, 0.1) is 5.69 Å². The molecule has 2 N–H and O–H groups in total. The lowest BCUT2D eigenvalue weighted by Gasteiger charge is -2.17. The van der Waals surface area contributed by atoms with Gasteiger partial charge in [-0.2, -0.15) is 5.10 Å². The Balaban J connectivity index is 2.04. The second-order valence-corrected chi connectivity index (χ2v) is 5.85. The summed E-state index contributed by atoms with van der Waals surface area (Å²) in [7, 11) is 0. The Kier molecular flexibility index (Phi) is 2.93. The van der Waals surface area contributed by atoms with Crippen LogP contribution in [0.3, 0.4) is 0 Å². The normalized spacial score (nSPS) is 23.7. The number of nitrogens with two attached hydrogens (primary N) is 1. The fourth-order valence-electron chi connectivity index (χ4n) is 2.62. The van der Waals surface area contributed by atoms with Gasteiger partial charge in [0.1, 0.15) is 5.52 Å². The second-order valence-electron chi connectivity index (χ2n) is 5.85. The fraction of sp³-hybridized carbons (Fsp3) is 0.571. The van der Waals surface area contributed by atoms with Crippen LogP contribution < -0.4 is 10.6 Å². The van der Waals surface area contributed by atoms with Gasteiger partial charge in [-0.3, -0.25) is 0 Å². The third-order valence-electron chi connectivity index (χ3n) is 3.95. The van der Waals surface area contributed by atoms with E-state index in [2.05, 4.69) is 41.8 Å². The monoisotopic (exact) mass is 259 g/mol. The molecule has 1 saturated heterocycles. The zero-order valence-corrected chi connectivity index (χ0v) is 11.7. The van der Waals surface area contributed by atoms with Crippen LogP contribution in [-0.2, 0) is 0 Å². The zero-order chi connectivity index (χ0) is 13.6. The second kappa shape index (κ2) is 4.49. The molecule has 0 aromatic carbocycles. The van der Waals surface area contributed by atoms with Crippen molar-refractivity contribution in [2.45, 2.75) is 32.7 Å². The third kappa shape index (κ3) is 2.08. The minimum Gasteiger partial charge on any atom is -0.353 e. The van der Waals surface area contributed by atoms with E-state index in [1.807, 2.05) is 16.9 Å². The van der Waals surface area contributed by atoms with Crippen LogP contribution in [0.2, 0.25) is 0 Å². The van der Waals surface area contributed by atoms with E-state index >= 15 is 0 Å². The molecule has 5 nitrogen and oxygen atoms in total. The Hall–Kier alpha value is -1.62. The Labute approximate surface area is 113 Å². The summed E-state index contributed by atoms with van der Waals surface area (Å²) in [5, 5.41) is 4.60. The highest BCUT2D eigenvalue weighted by atomic mass is 15.3. The molecule has 0 spiro atoms. The molecule has 19 heavy (non-hydrogen) atoms. The standard InChI is InChI=1S/C14H21N5/c1-9(2)12-6-13-14(16-4-5-19(13)17-12)18-7-10(3)11(15)8-18/h4-6,9-11H,7-8,15H2,1-3H3. The molecule has 2 aromatic heterocycles. The number of aromatic nitrogens is 3. The van der Waals surface area contributed by atoms with Crippen molar-refractivity contribution in [1.29, 1.82) is 0 Å². The van der Waals surface area contributed by atoms with Gasteiger partial charge in [0, 0.05) is 31.5 Å². The first-order chi connectivity index (χ1) is 9.06. The van der Waals surface area contributed by atoms with E-state index in [0.29, 0.717) is 11.8 Å². The van der Waals surface area contributed by atoms with Gasteiger partial charge in [-0.15, -0.1) is 0 Å². The molecule has 2 aromatic rings. The number of hydrogen-bond acceptors (Lipinski definition) is 4. The lowest BCUT2D eigenvalue weighted by Crippen LogP contribution is -2.28. The third-order valence-corrected chi connectivity index (χ3v) is 3.95. The molecule has 2 atom stereocenters. The van der Waals surface area contributed by atoms with E-state index in [-0.39, 0.29) is 6.04 Å².